The van der Waals surface area contributed by atoms with Crippen molar-refractivity contribution in [1.29, 1.82) is 0 Å². The van der Waals surface area contributed by atoms with Crippen LogP contribution in [0.1, 0.15) is 72.1 Å². The Labute approximate surface area is 210 Å². The summed E-state index contributed by atoms with van der Waals surface area (Å²) in [6.45, 7) is 7.39. The lowest BCUT2D eigenvalue weighted by molar-refractivity contribution is -0.684. The number of pyridine rings is 1. The van der Waals surface area contributed by atoms with Crippen LogP contribution in [-0.2, 0) is 11.3 Å². The van der Waals surface area contributed by atoms with Crippen molar-refractivity contribution in [2.24, 2.45) is 39.6 Å². The fraction of sp³-hybridized carbons (Fsp3) is 0.679. The smallest absolute Gasteiger partial charge is 0.305 e. The van der Waals surface area contributed by atoms with Crippen molar-refractivity contribution in [1.82, 2.24) is 5.43 Å². The number of hydrogen-bond donors (Lipinski definition) is 2. The fourth-order valence-electron chi connectivity index (χ4n) is 8.30. The number of amides is 1. The number of nitrogens with one attached hydrogen (secondary N) is 1. The standard InChI is InChI=1S/C28H39N3O2.ClH/c1-19(29-30-26(33)18-31-15-5-4-6-16-31)23-9-10-24-22-8-7-20-17-21(32)11-13-27(20,2)25(22)12-14-28(23,24)3;/h4-7,15-16,21-25,32H,8-14,17-18H2,1-3H3;1H/b29-19+;. The van der Waals surface area contributed by atoms with E-state index in [9.17, 15) is 9.90 Å². The van der Waals surface area contributed by atoms with E-state index in [4.69, 9.17) is 0 Å². The van der Waals surface area contributed by atoms with Crippen LogP contribution in [0.2, 0.25) is 0 Å². The summed E-state index contributed by atoms with van der Waals surface area (Å²) in [5.41, 5.74) is 6.00. The molecule has 34 heavy (non-hydrogen) atoms. The highest BCUT2D eigenvalue weighted by molar-refractivity contribution is 5.87. The van der Waals surface area contributed by atoms with Crippen LogP contribution in [0.15, 0.2) is 47.3 Å². The van der Waals surface area contributed by atoms with Crippen LogP contribution in [0.5, 0.6) is 0 Å². The second-order valence-electron chi connectivity index (χ2n) is 11.7. The highest BCUT2D eigenvalue weighted by Gasteiger charge is 2.59. The van der Waals surface area contributed by atoms with Crippen LogP contribution in [0, 0.1) is 34.5 Å². The Morgan fingerprint density at radius 2 is 1.88 bits per heavy atom. The summed E-state index contributed by atoms with van der Waals surface area (Å²) < 4.78 is 1.87. The van der Waals surface area contributed by atoms with Crippen molar-refractivity contribution in [3.05, 3.63) is 42.2 Å². The van der Waals surface area contributed by atoms with E-state index >= 15 is 0 Å². The lowest BCUT2D eigenvalue weighted by atomic mass is 9.47. The first kappa shape index (κ1) is 25.4. The number of carbonyl (C=O) groups is 1. The number of aliphatic hydroxyl groups excluding tert-OH is 1. The van der Waals surface area contributed by atoms with Gasteiger partial charge in [-0.05, 0) is 86.9 Å². The van der Waals surface area contributed by atoms with Crippen molar-refractivity contribution < 1.29 is 26.9 Å². The molecule has 2 N–H and O–H groups in total. The number of carbonyl (C=O) groups excluding carboxylic acids is 1. The molecule has 5 nitrogen and oxygen atoms in total. The van der Waals surface area contributed by atoms with Crippen LogP contribution >= 0.6 is 0 Å². The van der Waals surface area contributed by atoms with Gasteiger partial charge in [0.15, 0.2) is 12.4 Å². The number of aromatic nitrogens is 1. The number of hydrazone groups is 1. The Hall–Kier alpha value is -1.72. The van der Waals surface area contributed by atoms with Gasteiger partial charge in [0.25, 0.3) is 0 Å². The van der Waals surface area contributed by atoms with E-state index < -0.39 is 0 Å². The fourth-order valence-corrected chi connectivity index (χ4v) is 8.30. The highest BCUT2D eigenvalue weighted by Crippen LogP contribution is 2.66. The largest absolute Gasteiger partial charge is 1.00 e. The summed E-state index contributed by atoms with van der Waals surface area (Å²) in [5, 5.41) is 14.8. The van der Waals surface area contributed by atoms with Gasteiger partial charge in [-0.3, -0.25) is 4.79 Å². The summed E-state index contributed by atoms with van der Waals surface area (Å²) in [7, 11) is 0. The normalized spacial score (nSPS) is 39.1. The van der Waals surface area contributed by atoms with Gasteiger partial charge in [0, 0.05) is 23.8 Å². The third-order valence-corrected chi connectivity index (χ3v) is 10.0. The molecule has 7 unspecified atom stereocenters. The number of allylic oxidation sites excluding steroid dienone is 1. The summed E-state index contributed by atoms with van der Waals surface area (Å²) in [6, 6.07) is 5.80. The molecule has 7 atom stereocenters. The maximum Gasteiger partial charge on any atom is 0.305 e. The zero-order valence-electron chi connectivity index (χ0n) is 20.8. The Balaban J connectivity index is 0.00000274. The van der Waals surface area contributed by atoms with E-state index in [1.54, 1.807) is 0 Å². The minimum absolute atomic E-state index is 0. The topological polar surface area (TPSA) is 65.6 Å². The minimum atomic E-state index is -0.139. The molecular weight excluding hydrogens is 446 g/mol. The number of aliphatic hydroxyl groups is 1. The lowest BCUT2D eigenvalue weighted by Crippen LogP contribution is -3.00. The average molecular weight is 486 g/mol. The van der Waals surface area contributed by atoms with Crippen molar-refractivity contribution >= 4 is 11.6 Å². The molecule has 6 heteroatoms. The van der Waals surface area contributed by atoms with Gasteiger partial charge in [-0.15, -0.1) is 0 Å². The van der Waals surface area contributed by atoms with E-state index in [0.717, 1.165) is 42.7 Å². The Morgan fingerprint density at radius 1 is 1.12 bits per heavy atom. The first-order valence-corrected chi connectivity index (χ1v) is 13.0. The molecule has 0 bridgehead atoms. The van der Waals surface area contributed by atoms with Gasteiger partial charge < -0.3 is 17.5 Å². The molecule has 4 aliphatic rings. The molecule has 0 aliphatic heterocycles. The van der Waals surface area contributed by atoms with Crippen LogP contribution in [0.25, 0.3) is 0 Å². The minimum Gasteiger partial charge on any atom is -1.00 e. The molecule has 0 radical (unpaired) electrons. The quantitative estimate of drug-likeness (QED) is 0.293. The van der Waals surface area contributed by atoms with Crippen molar-refractivity contribution in [2.75, 3.05) is 0 Å². The molecular formula is C28H40ClN3O2. The zero-order valence-corrected chi connectivity index (χ0v) is 21.6. The predicted molar refractivity (Wildman–Crippen MR) is 129 cm³/mol. The van der Waals surface area contributed by atoms with E-state index in [0.29, 0.717) is 5.92 Å². The van der Waals surface area contributed by atoms with Crippen molar-refractivity contribution in [2.45, 2.75) is 84.8 Å². The summed E-state index contributed by atoms with van der Waals surface area (Å²) in [4.78, 5) is 12.4. The van der Waals surface area contributed by atoms with Crippen LogP contribution in [-0.4, -0.2) is 22.8 Å². The maximum absolute atomic E-state index is 12.4. The Morgan fingerprint density at radius 3 is 2.65 bits per heavy atom. The molecule has 3 fully saturated rings. The van der Waals surface area contributed by atoms with Gasteiger partial charge in [-0.1, -0.05) is 31.6 Å². The Bertz CT molecular complexity index is 964. The van der Waals surface area contributed by atoms with Gasteiger partial charge in [-0.2, -0.15) is 9.67 Å². The summed E-state index contributed by atoms with van der Waals surface area (Å²) >= 11 is 0. The molecule has 1 amide bonds. The van der Waals surface area contributed by atoms with Gasteiger partial charge in [-0.25, -0.2) is 5.43 Å². The van der Waals surface area contributed by atoms with E-state index in [2.05, 4.69) is 37.4 Å². The third kappa shape index (κ3) is 4.35. The third-order valence-electron chi connectivity index (χ3n) is 10.0. The second kappa shape index (κ2) is 9.73. The predicted octanol–water partition coefficient (Wildman–Crippen LogP) is 1.41. The van der Waals surface area contributed by atoms with Gasteiger partial charge >= 0.3 is 5.91 Å². The van der Waals surface area contributed by atoms with Gasteiger partial charge in [0.1, 0.15) is 0 Å². The Kier molecular flexibility index (Phi) is 7.26. The first-order valence-electron chi connectivity index (χ1n) is 13.0. The number of fused-ring (bicyclic) bond motifs is 5. The SMILES string of the molecule is C/C(=N\NC(=O)C[n+]1ccccc1)C1CCC2C3CC=C4CC(O)CCC4(C)C3CCC12C.[Cl-]. The molecule has 0 aromatic carbocycles. The molecule has 3 saturated carbocycles. The molecule has 0 saturated heterocycles. The number of hydrogen-bond acceptors (Lipinski definition) is 3. The zero-order chi connectivity index (χ0) is 23.2. The lowest BCUT2D eigenvalue weighted by Gasteiger charge is -2.58. The second-order valence-corrected chi connectivity index (χ2v) is 11.7. The van der Waals surface area contributed by atoms with Crippen LogP contribution in [0.4, 0.5) is 0 Å². The van der Waals surface area contributed by atoms with Gasteiger partial charge in [0.05, 0.1) is 6.10 Å². The number of rotatable bonds is 4. The first-order chi connectivity index (χ1) is 15.8. The van der Waals surface area contributed by atoms with E-state index in [1.165, 1.54) is 37.7 Å². The molecule has 5 rings (SSSR count). The van der Waals surface area contributed by atoms with Crippen LogP contribution in [0.3, 0.4) is 0 Å². The number of halogens is 1. The van der Waals surface area contributed by atoms with Gasteiger partial charge in [0.2, 0.25) is 6.54 Å². The molecule has 0 spiro atoms. The molecule has 1 heterocycles. The summed E-state index contributed by atoms with van der Waals surface area (Å²) in [6.07, 6.45) is 15.3. The van der Waals surface area contributed by atoms with Crippen molar-refractivity contribution in [3.8, 4) is 0 Å². The molecule has 186 valence electrons. The summed E-state index contributed by atoms with van der Waals surface area (Å²) in [5.74, 6) is 2.59. The number of nitrogens with zero attached hydrogens (tertiary/aromatic N) is 2. The van der Waals surface area contributed by atoms with Crippen LogP contribution < -0.4 is 22.4 Å². The molecule has 4 aliphatic carbocycles. The van der Waals surface area contributed by atoms with Crippen molar-refractivity contribution in [3.63, 3.8) is 0 Å². The average Bonchev–Trinajstić information content (AvgIpc) is 3.16. The molecule has 1 aromatic rings. The van der Waals surface area contributed by atoms with E-state index in [-0.39, 0.29) is 41.8 Å². The maximum atomic E-state index is 12.4. The highest BCUT2D eigenvalue weighted by atomic mass is 35.5. The van der Waals surface area contributed by atoms with E-state index in [1.807, 2.05) is 35.2 Å². The molecule has 1 aromatic heterocycles. The monoisotopic (exact) mass is 485 g/mol.